The number of hydrogen-bond donors (Lipinski definition) is 1. The third-order valence-corrected chi connectivity index (χ3v) is 5.72. The SMILES string of the molecule is Cc1cccn2cc(C(=O)N3C[C@@H](Cc4ccc5ccccc5n4)[C@H](O)C3)nc12. The minimum Gasteiger partial charge on any atom is -0.391 e. The number of aromatic nitrogens is 3. The van der Waals surface area contributed by atoms with Crippen LogP contribution in [-0.4, -0.2) is 49.5 Å². The second-order valence-corrected chi connectivity index (χ2v) is 7.79. The first kappa shape index (κ1) is 17.8. The lowest BCUT2D eigenvalue weighted by atomic mass is 9.99. The molecule has 0 spiro atoms. The molecule has 0 bridgehead atoms. The lowest BCUT2D eigenvalue weighted by Gasteiger charge is -2.14. The maximum absolute atomic E-state index is 13.0. The lowest BCUT2D eigenvalue weighted by molar-refractivity contribution is 0.0759. The standard InChI is InChI=1S/C23H22N4O2/c1-15-5-4-10-26-13-20(25-22(15)26)23(29)27-12-17(21(28)14-27)11-18-9-8-16-6-2-3-7-19(16)24-18/h2-10,13,17,21,28H,11-12,14H2,1H3/t17-,21-/m1/s1. The Hall–Kier alpha value is -3.25. The Morgan fingerprint density at radius 1 is 1.10 bits per heavy atom. The number of para-hydroxylation sites is 1. The summed E-state index contributed by atoms with van der Waals surface area (Å²) < 4.78 is 1.87. The molecule has 0 saturated carbocycles. The molecule has 1 aliphatic rings. The van der Waals surface area contributed by atoms with Crippen LogP contribution in [-0.2, 0) is 6.42 Å². The first-order valence-corrected chi connectivity index (χ1v) is 9.85. The Kier molecular flexibility index (Phi) is 4.28. The van der Waals surface area contributed by atoms with Crippen LogP contribution >= 0.6 is 0 Å². The Morgan fingerprint density at radius 2 is 1.97 bits per heavy atom. The van der Waals surface area contributed by atoms with Gasteiger partial charge in [0.05, 0.1) is 11.6 Å². The van der Waals surface area contributed by atoms with Crippen molar-refractivity contribution in [1.82, 2.24) is 19.3 Å². The van der Waals surface area contributed by atoms with Gasteiger partial charge in [0, 0.05) is 42.5 Å². The van der Waals surface area contributed by atoms with Gasteiger partial charge in [0.15, 0.2) is 0 Å². The van der Waals surface area contributed by atoms with Crippen molar-refractivity contribution < 1.29 is 9.90 Å². The average molecular weight is 386 g/mol. The monoisotopic (exact) mass is 386 g/mol. The molecule has 6 heteroatoms. The topological polar surface area (TPSA) is 70.7 Å². The number of rotatable bonds is 3. The zero-order valence-corrected chi connectivity index (χ0v) is 16.2. The van der Waals surface area contributed by atoms with E-state index in [1.165, 1.54) is 0 Å². The highest BCUT2D eigenvalue weighted by Crippen LogP contribution is 2.24. The second-order valence-electron chi connectivity index (χ2n) is 7.79. The van der Waals surface area contributed by atoms with Crippen molar-refractivity contribution in [2.45, 2.75) is 19.4 Å². The molecule has 0 aliphatic carbocycles. The van der Waals surface area contributed by atoms with Crippen LogP contribution in [0.25, 0.3) is 16.6 Å². The molecule has 1 N–H and O–H groups in total. The number of fused-ring (bicyclic) bond motifs is 2. The van der Waals surface area contributed by atoms with Gasteiger partial charge in [-0.2, -0.15) is 0 Å². The van der Waals surface area contributed by atoms with Crippen molar-refractivity contribution in [2.75, 3.05) is 13.1 Å². The zero-order chi connectivity index (χ0) is 20.0. The van der Waals surface area contributed by atoms with Gasteiger partial charge in [0.25, 0.3) is 5.91 Å². The summed E-state index contributed by atoms with van der Waals surface area (Å²) in [6, 6.07) is 16.0. The van der Waals surface area contributed by atoms with Crippen molar-refractivity contribution in [1.29, 1.82) is 0 Å². The summed E-state index contributed by atoms with van der Waals surface area (Å²) in [6.45, 7) is 2.80. The Labute approximate surface area is 168 Å². The van der Waals surface area contributed by atoms with Gasteiger partial charge < -0.3 is 14.4 Å². The molecule has 29 heavy (non-hydrogen) atoms. The highest BCUT2D eigenvalue weighted by Gasteiger charge is 2.35. The molecule has 1 amide bonds. The molecule has 1 fully saturated rings. The fourth-order valence-electron chi connectivity index (χ4n) is 4.13. The third kappa shape index (κ3) is 3.25. The van der Waals surface area contributed by atoms with Gasteiger partial charge in [0.2, 0.25) is 0 Å². The maximum atomic E-state index is 13.0. The number of hydrogen-bond acceptors (Lipinski definition) is 4. The molecule has 1 aliphatic heterocycles. The number of pyridine rings is 2. The van der Waals surface area contributed by atoms with Crippen LogP contribution in [0.3, 0.4) is 0 Å². The smallest absolute Gasteiger partial charge is 0.274 e. The highest BCUT2D eigenvalue weighted by atomic mass is 16.3. The number of aliphatic hydroxyl groups is 1. The van der Waals surface area contributed by atoms with Crippen LogP contribution in [0.15, 0.2) is 60.9 Å². The highest BCUT2D eigenvalue weighted by molar-refractivity contribution is 5.93. The second kappa shape index (κ2) is 6.97. The summed E-state index contributed by atoms with van der Waals surface area (Å²) in [7, 11) is 0. The van der Waals surface area contributed by atoms with Crippen LogP contribution in [0.1, 0.15) is 21.7 Å². The van der Waals surface area contributed by atoms with E-state index < -0.39 is 6.10 Å². The van der Waals surface area contributed by atoms with E-state index >= 15 is 0 Å². The van der Waals surface area contributed by atoms with E-state index in [2.05, 4.69) is 11.1 Å². The minimum atomic E-state index is -0.564. The van der Waals surface area contributed by atoms with Gasteiger partial charge >= 0.3 is 0 Å². The van der Waals surface area contributed by atoms with Gasteiger partial charge in [0.1, 0.15) is 11.3 Å². The number of aliphatic hydroxyl groups excluding tert-OH is 1. The van der Waals surface area contributed by atoms with Crippen LogP contribution < -0.4 is 0 Å². The Balaban J connectivity index is 1.34. The number of β-amino-alcohol motifs (C(OH)–C–C–N with tert-alkyl or cyclic N) is 1. The minimum absolute atomic E-state index is 0.0358. The molecule has 1 aromatic carbocycles. The van der Waals surface area contributed by atoms with Crippen LogP contribution in [0.4, 0.5) is 0 Å². The van der Waals surface area contributed by atoms with Crippen LogP contribution in [0, 0.1) is 12.8 Å². The molecule has 4 aromatic rings. The molecule has 5 rings (SSSR count). The molecule has 2 atom stereocenters. The molecular formula is C23H22N4O2. The predicted octanol–water partition coefficient (Wildman–Crippen LogP) is 2.87. The van der Waals surface area contributed by atoms with E-state index in [1.807, 2.05) is 60.0 Å². The number of nitrogens with zero attached hydrogens (tertiary/aromatic N) is 4. The molecular weight excluding hydrogens is 364 g/mol. The number of imidazole rings is 1. The van der Waals surface area contributed by atoms with Crippen molar-refractivity contribution >= 4 is 22.5 Å². The molecule has 0 unspecified atom stereocenters. The van der Waals surface area contributed by atoms with E-state index in [4.69, 9.17) is 4.98 Å². The van der Waals surface area contributed by atoms with E-state index in [9.17, 15) is 9.90 Å². The summed E-state index contributed by atoms with van der Waals surface area (Å²) in [5.41, 5.74) is 4.10. The number of carbonyl (C=O) groups excluding carboxylic acids is 1. The third-order valence-electron chi connectivity index (χ3n) is 5.72. The van der Waals surface area contributed by atoms with E-state index in [0.29, 0.717) is 25.2 Å². The average Bonchev–Trinajstić information content (AvgIpc) is 3.32. The number of likely N-dealkylation sites (tertiary alicyclic amines) is 1. The van der Waals surface area contributed by atoms with Crippen molar-refractivity contribution in [3.63, 3.8) is 0 Å². The first-order chi connectivity index (χ1) is 14.1. The summed E-state index contributed by atoms with van der Waals surface area (Å²) >= 11 is 0. The van der Waals surface area contributed by atoms with Gasteiger partial charge in [-0.05, 0) is 37.1 Å². The van der Waals surface area contributed by atoms with E-state index in [1.54, 1.807) is 11.1 Å². The van der Waals surface area contributed by atoms with Crippen LogP contribution in [0.5, 0.6) is 0 Å². The summed E-state index contributed by atoms with van der Waals surface area (Å²) in [5.74, 6) is -0.174. The maximum Gasteiger partial charge on any atom is 0.274 e. The number of carbonyl (C=O) groups is 1. The molecule has 3 aromatic heterocycles. The number of aryl methyl sites for hydroxylation is 1. The summed E-state index contributed by atoms with van der Waals surface area (Å²) in [6.07, 6.45) is 3.72. The fraction of sp³-hybridized carbons (Fsp3) is 0.261. The van der Waals surface area contributed by atoms with E-state index in [-0.39, 0.29) is 11.8 Å². The molecule has 0 radical (unpaired) electrons. The Morgan fingerprint density at radius 3 is 2.83 bits per heavy atom. The van der Waals surface area contributed by atoms with Gasteiger partial charge in [-0.15, -0.1) is 0 Å². The largest absolute Gasteiger partial charge is 0.391 e. The van der Waals surface area contributed by atoms with Gasteiger partial charge in [-0.3, -0.25) is 9.78 Å². The molecule has 6 nitrogen and oxygen atoms in total. The molecule has 4 heterocycles. The first-order valence-electron chi connectivity index (χ1n) is 9.85. The van der Waals surface area contributed by atoms with Gasteiger partial charge in [-0.25, -0.2) is 4.98 Å². The molecule has 146 valence electrons. The van der Waals surface area contributed by atoms with E-state index in [0.717, 1.165) is 27.8 Å². The van der Waals surface area contributed by atoms with Crippen molar-refractivity contribution in [3.05, 3.63) is 77.9 Å². The summed E-state index contributed by atoms with van der Waals surface area (Å²) in [4.78, 5) is 23.9. The van der Waals surface area contributed by atoms with Gasteiger partial charge in [-0.1, -0.05) is 30.3 Å². The van der Waals surface area contributed by atoms with Crippen molar-refractivity contribution in [2.24, 2.45) is 5.92 Å². The summed E-state index contributed by atoms with van der Waals surface area (Å²) in [5, 5.41) is 11.7. The Bertz CT molecular complexity index is 1220. The van der Waals surface area contributed by atoms with Crippen LogP contribution in [0.2, 0.25) is 0 Å². The number of benzene rings is 1. The molecule has 1 saturated heterocycles. The quantitative estimate of drug-likeness (QED) is 0.588. The predicted molar refractivity (Wildman–Crippen MR) is 111 cm³/mol. The normalized spacial score (nSPS) is 19.3. The lowest BCUT2D eigenvalue weighted by Crippen LogP contribution is -2.29. The fourth-order valence-corrected chi connectivity index (χ4v) is 4.13. The number of amides is 1. The zero-order valence-electron chi connectivity index (χ0n) is 16.2. The van der Waals surface area contributed by atoms with Crippen molar-refractivity contribution in [3.8, 4) is 0 Å².